The normalized spacial score (nSPS) is 17.8. The highest BCUT2D eigenvalue weighted by Crippen LogP contribution is 2.39. The topological polar surface area (TPSA) is 59.8 Å². The number of likely N-dealkylation sites (tertiary alicyclic amines) is 1. The summed E-state index contributed by atoms with van der Waals surface area (Å²) >= 11 is 1.55. The van der Waals surface area contributed by atoms with Crippen LogP contribution in [0, 0.1) is 0 Å². The molecule has 23 heavy (non-hydrogen) atoms. The first-order valence-corrected chi connectivity index (χ1v) is 9.45. The number of piperidine rings is 1. The Labute approximate surface area is 141 Å². The lowest BCUT2D eigenvalue weighted by Crippen LogP contribution is -3.13. The Balaban J connectivity index is 1.71. The summed E-state index contributed by atoms with van der Waals surface area (Å²) in [6.07, 6.45) is 6.66. The molecule has 1 fully saturated rings. The number of hydrogen-bond acceptors (Lipinski definition) is 4. The van der Waals surface area contributed by atoms with Crippen LogP contribution in [-0.2, 0) is 22.4 Å². The SMILES string of the molecule is CCOC(=O)c1c(NC(=O)C[NH+]2CCCCC2)sc2c1CCC2. The zero-order valence-corrected chi connectivity index (χ0v) is 14.5. The van der Waals surface area contributed by atoms with Gasteiger partial charge in [0.05, 0.1) is 25.3 Å². The van der Waals surface area contributed by atoms with Crippen molar-refractivity contribution >= 4 is 28.2 Å². The lowest BCUT2D eigenvalue weighted by molar-refractivity contribution is -0.896. The lowest BCUT2D eigenvalue weighted by Gasteiger charge is -2.22. The molecular formula is C17H25N2O3S+. The number of fused-ring (bicyclic) bond motifs is 1. The summed E-state index contributed by atoms with van der Waals surface area (Å²) in [4.78, 5) is 27.2. The van der Waals surface area contributed by atoms with Crippen molar-refractivity contribution in [2.45, 2.75) is 45.4 Å². The van der Waals surface area contributed by atoms with Crippen LogP contribution in [0.2, 0.25) is 0 Å². The van der Waals surface area contributed by atoms with Crippen molar-refractivity contribution in [1.82, 2.24) is 0 Å². The van der Waals surface area contributed by atoms with Gasteiger partial charge in [0.2, 0.25) is 0 Å². The molecule has 1 aliphatic carbocycles. The number of rotatable bonds is 5. The maximum atomic E-state index is 12.4. The number of amides is 1. The van der Waals surface area contributed by atoms with Crippen molar-refractivity contribution in [1.29, 1.82) is 0 Å². The highest BCUT2D eigenvalue weighted by atomic mass is 32.1. The minimum atomic E-state index is -0.299. The van der Waals surface area contributed by atoms with Crippen molar-refractivity contribution in [2.24, 2.45) is 0 Å². The molecule has 0 radical (unpaired) electrons. The quantitative estimate of drug-likeness (QED) is 0.799. The van der Waals surface area contributed by atoms with Gasteiger partial charge >= 0.3 is 5.97 Å². The second-order valence-corrected chi connectivity index (χ2v) is 7.42. The van der Waals surface area contributed by atoms with Gasteiger partial charge in [-0.1, -0.05) is 0 Å². The molecule has 0 atom stereocenters. The number of thiophene rings is 1. The van der Waals surface area contributed by atoms with Crippen molar-refractivity contribution in [3.05, 3.63) is 16.0 Å². The molecule has 126 valence electrons. The fourth-order valence-corrected chi connectivity index (χ4v) is 4.83. The van der Waals surface area contributed by atoms with E-state index in [1.54, 1.807) is 11.3 Å². The van der Waals surface area contributed by atoms with E-state index >= 15 is 0 Å². The Bertz CT molecular complexity index is 591. The highest BCUT2D eigenvalue weighted by Gasteiger charge is 2.29. The van der Waals surface area contributed by atoms with E-state index in [9.17, 15) is 9.59 Å². The summed E-state index contributed by atoms with van der Waals surface area (Å²) in [6.45, 7) is 4.79. The Morgan fingerprint density at radius 2 is 1.96 bits per heavy atom. The molecule has 2 aliphatic rings. The molecule has 5 nitrogen and oxygen atoms in total. The molecule has 0 aromatic carbocycles. The van der Waals surface area contributed by atoms with Crippen LogP contribution in [0.1, 0.15) is 53.4 Å². The summed E-state index contributed by atoms with van der Waals surface area (Å²) in [6, 6.07) is 0. The van der Waals surface area contributed by atoms with Gasteiger partial charge in [0.1, 0.15) is 5.00 Å². The predicted molar refractivity (Wildman–Crippen MR) is 90.3 cm³/mol. The van der Waals surface area contributed by atoms with E-state index in [0.29, 0.717) is 23.7 Å². The second kappa shape index (κ2) is 7.45. The van der Waals surface area contributed by atoms with Crippen LogP contribution in [0.4, 0.5) is 5.00 Å². The molecule has 0 bridgehead atoms. The summed E-state index contributed by atoms with van der Waals surface area (Å²) in [5, 5.41) is 3.67. The Morgan fingerprint density at radius 1 is 1.17 bits per heavy atom. The third kappa shape index (κ3) is 3.75. The third-order valence-electron chi connectivity index (χ3n) is 4.63. The standard InChI is InChI=1S/C17H24N2O3S/c1-2-22-17(21)15-12-7-6-8-13(12)23-16(15)18-14(20)11-19-9-4-3-5-10-19/h2-11H2,1H3,(H,18,20)/p+1. The van der Waals surface area contributed by atoms with E-state index in [1.165, 1.54) is 29.0 Å². The maximum absolute atomic E-state index is 12.4. The van der Waals surface area contributed by atoms with Gasteiger partial charge in [-0.05, 0) is 51.0 Å². The molecule has 1 saturated heterocycles. The van der Waals surface area contributed by atoms with Gasteiger partial charge in [-0.2, -0.15) is 0 Å². The molecule has 0 unspecified atom stereocenters. The summed E-state index contributed by atoms with van der Waals surface area (Å²) in [5.74, 6) is -0.292. The van der Waals surface area contributed by atoms with E-state index in [1.807, 2.05) is 6.92 Å². The van der Waals surface area contributed by atoms with Gasteiger partial charge in [0.25, 0.3) is 5.91 Å². The maximum Gasteiger partial charge on any atom is 0.341 e. The van der Waals surface area contributed by atoms with Crippen LogP contribution in [0.15, 0.2) is 0 Å². The molecule has 2 N–H and O–H groups in total. The molecule has 0 spiro atoms. The van der Waals surface area contributed by atoms with E-state index in [4.69, 9.17) is 4.74 Å². The Kier molecular flexibility index (Phi) is 5.33. The van der Waals surface area contributed by atoms with Gasteiger partial charge in [-0.25, -0.2) is 4.79 Å². The van der Waals surface area contributed by atoms with Gasteiger partial charge in [0.15, 0.2) is 6.54 Å². The Morgan fingerprint density at radius 3 is 2.70 bits per heavy atom. The largest absolute Gasteiger partial charge is 0.462 e. The number of aryl methyl sites for hydroxylation is 1. The van der Waals surface area contributed by atoms with Gasteiger partial charge in [-0.3, -0.25) is 4.79 Å². The number of esters is 1. The second-order valence-electron chi connectivity index (χ2n) is 6.32. The number of carbonyl (C=O) groups is 2. The highest BCUT2D eigenvalue weighted by molar-refractivity contribution is 7.17. The van der Waals surface area contributed by atoms with Crippen LogP contribution in [0.25, 0.3) is 0 Å². The van der Waals surface area contributed by atoms with Crippen LogP contribution in [0.3, 0.4) is 0 Å². The van der Waals surface area contributed by atoms with Gasteiger partial charge < -0.3 is 15.0 Å². The number of anilines is 1. The van der Waals surface area contributed by atoms with Crippen molar-refractivity contribution in [3.63, 3.8) is 0 Å². The minimum absolute atomic E-state index is 0.00683. The van der Waals surface area contributed by atoms with Gasteiger partial charge in [-0.15, -0.1) is 11.3 Å². The number of hydrogen-bond donors (Lipinski definition) is 2. The van der Waals surface area contributed by atoms with E-state index in [0.717, 1.165) is 37.9 Å². The fraction of sp³-hybridized carbons (Fsp3) is 0.647. The monoisotopic (exact) mass is 337 g/mol. The first-order valence-electron chi connectivity index (χ1n) is 8.64. The van der Waals surface area contributed by atoms with Crippen molar-refractivity contribution < 1.29 is 19.2 Å². The van der Waals surface area contributed by atoms with Crippen LogP contribution >= 0.6 is 11.3 Å². The summed E-state index contributed by atoms with van der Waals surface area (Å²) in [5.41, 5.74) is 1.69. The average molecular weight is 337 g/mol. The number of nitrogens with one attached hydrogen (secondary N) is 2. The average Bonchev–Trinajstić information content (AvgIpc) is 3.08. The summed E-state index contributed by atoms with van der Waals surface area (Å²) in [7, 11) is 0. The third-order valence-corrected chi connectivity index (χ3v) is 5.83. The predicted octanol–water partition coefficient (Wildman–Crippen LogP) is 1.42. The lowest BCUT2D eigenvalue weighted by atomic mass is 10.1. The molecular weight excluding hydrogens is 312 g/mol. The van der Waals surface area contributed by atoms with E-state index in [-0.39, 0.29) is 11.9 Å². The molecule has 1 amide bonds. The van der Waals surface area contributed by atoms with E-state index in [2.05, 4.69) is 5.32 Å². The van der Waals surface area contributed by atoms with E-state index < -0.39 is 0 Å². The van der Waals surface area contributed by atoms with Crippen LogP contribution < -0.4 is 10.2 Å². The molecule has 1 aromatic rings. The Hall–Kier alpha value is -1.40. The summed E-state index contributed by atoms with van der Waals surface area (Å²) < 4.78 is 5.19. The number of ether oxygens (including phenoxy) is 1. The minimum Gasteiger partial charge on any atom is -0.462 e. The van der Waals surface area contributed by atoms with Crippen LogP contribution in [-0.4, -0.2) is 38.1 Å². The van der Waals surface area contributed by atoms with Crippen LogP contribution in [0.5, 0.6) is 0 Å². The zero-order valence-electron chi connectivity index (χ0n) is 13.7. The number of quaternary nitrogens is 1. The fourth-order valence-electron chi connectivity index (χ4n) is 3.54. The molecule has 6 heteroatoms. The molecule has 1 aliphatic heterocycles. The molecule has 3 rings (SSSR count). The molecule has 1 aromatic heterocycles. The van der Waals surface area contributed by atoms with Crippen molar-refractivity contribution in [3.8, 4) is 0 Å². The van der Waals surface area contributed by atoms with Crippen molar-refractivity contribution in [2.75, 3.05) is 31.6 Å². The zero-order chi connectivity index (χ0) is 16.2. The first kappa shape index (κ1) is 16.5. The smallest absolute Gasteiger partial charge is 0.341 e. The van der Waals surface area contributed by atoms with Gasteiger partial charge in [0, 0.05) is 4.88 Å². The molecule has 0 saturated carbocycles. The number of carbonyl (C=O) groups excluding carboxylic acids is 2. The molecule has 2 heterocycles. The first-order chi connectivity index (χ1) is 11.2.